The van der Waals surface area contributed by atoms with E-state index in [0.29, 0.717) is 9.21 Å². The topological polar surface area (TPSA) is 17.1 Å². The largest absolute Gasteiger partial charge is 0.287 e. The fraction of sp³-hybridized carbons (Fsp3) is 0.100. The van der Waals surface area contributed by atoms with Crippen LogP contribution in [0, 0.1) is 6.92 Å². The Morgan fingerprint density at radius 1 is 1.33 bits per heavy atom. The summed E-state index contributed by atoms with van der Waals surface area (Å²) in [4.78, 5) is 14.5. The van der Waals surface area contributed by atoms with Crippen LogP contribution in [-0.2, 0) is 0 Å². The molecule has 0 aliphatic heterocycles. The van der Waals surface area contributed by atoms with Crippen LogP contribution >= 0.6 is 50.2 Å². The van der Waals surface area contributed by atoms with E-state index in [1.54, 1.807) is 12.1 Å². The highest BCUT2D eigenvalue weighted by Crippen LogP contribution is 2.30. The Balaban J connectivity index is 2.36. The van der Waals surface area contributed by atoms with Gasteiger partial charge in [0.05, 0.1) is 14.1 Å². The van der Waals surface area contributed by atoms with Crippen LogP contribution in [0.2, 0.25) is 4.34 Å². The molecule has 0 radical (unpaired) electrons. The number of halogens is 2. The summed E-state index contributed by atoms with van der Waals surface area (Å²) in [6.07, 6.45) is 0. The highest BCUT2D eigenvalue weighted by Gasteiger charge is 2.15. The lowest BCUT2D eigenvalue weighted by Crippen LogP contribution is -1.93. The molecule has 0 aliphatic carbocycles. The summed E-state index contributed by atoms with van der Waals surface area (Å²) in [5.74, 6) is 0.0469. The van der Waals surface area contributed by atoms with Crippen LogP contribution in [0.5, 0.6) is 0 Å². The molecule has 2 rings (SSSR count). The van der Waals surface area contributed by atoms with Crippen LogP contribution < -0.4 is 0 Å². The molecule has 0 amide bonds. The summed E-state index contributed by atoms with van der Waals surface area (Å²) in [6.45, 7) is 1.98. The molecular weight excluding hydrogens is 316 g/mol. The highest BCUT2D eigenvalue weighted by atomic mass is 79.9. The van der Waals surface area contributed by atoms with Crippen molar-refractivity contribution in [1.29, 1.82) is 0 Å². The third-order valence-corrected chi connectivity index (χ3v) is 5.24. The van der Waals surface area contributed by atoms with Crippen molar-refractivity contribution in [3.05, 3.63) is 41.6 Å². The first kappa shape index (κ1) is 11.3. The molecule has 1 nitrogen and oxygen atoms in total. The summed E-state index contributed by atoms with van der Waals surface area (Å²) in [6, 6.07) is 5.36. The van der Waals surface area contributed by atoms with Gasteiger partial charge in [0.25, 0.3) is 0 Å². The summed E-state index contributed by atoms with van der Waals surface area (Å²) in [5.41, 5.74) is 0. The molecule has 0 aliphatic rings. The predicted molar refractivity (Wildman–Crippen MR) is 69.5 cm³/mol. The van der Waals surface area contributed by atoms with Gasteiger partial charge in [-0.1, -0.05) is 11.6 Å². The average molecular weight is 322 g/mol. The van der Waals surface area contributed by atoms with Crippen molar-refractivity contribution >= 4 is 56.0 Å². The van der Waals surface area contributed by atoms with Crippen molar-refractivity contribution in [2.45, 2.75) is 6.92 Å². The van der Waals surface area contributed by atoms with Gasteiger partial charge >= 0.3 is 0 Å². The van der Waals surface area contributed by atoms with Crippen LogP contribution in [0.15, 0.2) is 22.7 Å². The smallest absolute Gasteiger partial charge is 0.212 e. The van der Waals surface area contributed by atoms with Crippen molar-refractivity contribution < 1.29 is 4.79 Å². The Kier molecular flexibility index (Phi) is 3.30. The molecule has 0 atom stereocenters. The average Bonchev–Trinajstić information content (AvgIpc) is 2.74. The van der Waals surface area contributed by atoms with Crippen LogP contribution in [0.3, 0.4) is 0 Å². The van der Waals surface area contributed by atoms with E-state index in [2.05, 4.69) is 15.9 Å². The van der Waals surface area contributed by atoms with Crippen molar-refractivity contribution in [3.8, 4) is 0 Å². The molecule has 5 heteroatoms. The number of carbonyl (C=O) groups excluding carboxylic acids is 1. The van der Waals surface area contributed by atoms with E-state index in [-0.39, 0.29) is 5.78 Å². The molecule has 0 aromatic carbocycles. The molecule has 2 heterocycles. The first-order chi connectivity index (χ1) is 7.08. The molecule has 0 unspecified atom stereocenters. The number of aryl methyl sites for hydroxylation is 1. The van der Waals surface area contributed by atoms with Gasteiger partial charge < -0.3 is 0 Å². The number of hydrogen-bond donors (Lipinski definition) is 0. The van der Waals surface area contributed by atoms with Gasteiger partial charge in [-0.05, 0) is 41.1 Å². The minimum atomic E-state index is 0.0469. The van der Waals surface area contributed by atoms with Gasteiger partial charge in [-0.3, -0.25) is 4.79 Å². The van der Waals surface area contributed by atoms with Crippen molar-refractivity contribution in [1.82, 2.24) is 0 Å². The van der Waals surface area contributed by atoms with E-state index in [4.69, 9.17) is 11.6 Å². The molecule has 0 spiro atoms. The first-order valence-electron chi connectivity index (χ1n) is 4.14. The number of rotatable bonds is 2. The Morgan fingerprint density at radius 3 is 2.53 bits per heavy atom. The SMILES string of the molecule is Cc1sc(C(=O)c2ccc(Cl)s2)cc1Br. The van der Waals surface area contributed by atoms with Gasteiger partial charge in [0.1, 0.15) is 0 Å². The first-order valence-corrected chi connectivity index (χ1v) is 6.94. The second-order valence-corrected chi connectivity index (χ2v) is 6.77. The van der Waals surface area contributed by atoms with Gasteiger partial charge in [-0.2, -0.15) is 0 Å². The Bertz CT molecular complexity index is 496. The minimum absolute atomic E-state index is 0.0469. The second kappa shape index (κ2) is 4.37. The second-order valence-electron chi connectivity index (χ2n) is 2.95. The number of ketones is 1. The third kappa shape index (κ3) is 2.33. The quantitative estimate of drug-likeness (QED) is 0.729. The van der Waals surface area contributed by atoms with E-state index < -0.39 is 0 Å². The van der Waals surface area contributed by atoms with Gasteiger partial charge in [0.15, 0.2) is 0 Å². The van der Waals surface area contributed by atoms with E-state index in [1.165, 1.54) is 22.7 Å². The van der Waals surface area contributed by atoms with Crippen molar-refractivity contribution in [2.24, 2.45) is 0 Å². The third-order valence-electron chi connectivity index (χ3n) is 1.88. The Morgan fingerprint density at radius 2 is 2.07 bits per heavy atom. The van der Waals surface area contributed by atoms with Crippen LogP contribution in [0.1, 0.15) is 19.4 Å². The molecule has 0 saturated carbocycles. The fourth-order valence-corrected chi connectivity index (χ4v) is 3.68. The molecule has 0 bridgehead atoms. The van der Waals surface area contributed by atoms with E-state index in [9.17, 15) is 4.79 Å². The number of carbonyl (C=O) groups is 1. The van der Waals surface area contributed by atoms with Gasteiger partial charge in [0, 0.05) is 9.35 Å². The van der Waals surface area contributed by atoms with Gasteiger partial charge in [-0.15, -0.1) is 22.7 Å². The summed E-state index contributed by atoms with van der Waals surface area (Å²) >= 11 is 12.0. The standard InChI is InChI=1S/C10H6BrClOS2/c1-5-6(11)4-8(14-5)10(13)7-2-3-9(12)15-7/h2-4H,1H3. The molecule has 0 saturated heterocycles. The Hall–Kier alpha value is -0.160. The summed E-state index contributed by atoms with van der Waals surface area (Å²) < 4.78 is 1.63. The maximum Gasteiger partial charge on any atom is 0.212 e. The van der Waals surface area contributed by atoms with Gasteiger partial charge in [0.2, 0.25) is 5.78 Å². The fourth-order valence-electron chi connectivity index (χ4n) is 1.13. The van der Waals surface area contributed by atoms with Crippen LogP contribution in [-0.4, -0.2) is 5.78 Å². The summed E-state index contributed by atoms with van der Waals surface area (Å²) in [5, 5.41) is 0. The molecule has 2 aromatic rings. The lowest BCUT2D eigenvalue weighted by molar-refractivity contribution is 0.104. The minimum Gasteiger partial charge on any atom is -0.287 e. The predicted octanol–water partition coefficient (Wildman–Crippen LogP) is 4.76. The van der Waals surface area contributed by atoms with Crippen LogP contribution in [0.25, 0.3) is 0 Å². The molecule has 0 N–H and O–H groups in total. The maximum atomic E-state index is 12.0. The zero-order chi connectivity index (χ0) is 11.0. The zero-order valence-electron chi connectivity index (χ0n) is 7.71. The van der Waals surface area contributed by atoms with E-state index in [1.807, 2.05) is 13.0 Å². The lowest BCUT2D eigenvalue weighted by Gasteiger charge is -1.90. The highest BCUT2D eigenvalue weighted by molar-refractivity contribution is 9.10. The molecule has 15 heavy (non-hydrogen) atoms. The lowest BCUT2D eigenvalue weighted by atomic mass is 10.3. The van der Waals surface area contributed by atoms with E-state index in [0.717, 1.165) is 14.2 Å². The monoisotopic (exact) mass is 320 g/mol. The Labute approximate surface area is 109 Å². The maximum absolute atomic E-state index is 12.0. The van der Waals surface area contributed by atoms with Crippen molar-refractivity contribution in [2.75, 3.05) is 0 Å². The molecular formula is C10H6BrClOS2. The molecule has 78 valence electrons. The van der Waals surface area contributed by atoms with Gasteiger partial charge in [-0.25, -0.2) is 0 Å². The molecule has 2 aromatic heterocycles. The number of hydrogen-bond acceptors (Lipinski definition) is 3. The summed E-state index contributed by atoms with van der Waals surface area (Å²) in [7, 11) is 0. The number of thiophene rings is 2. The van der Waals surface area contributed by atoms with Crippen LogP contribution in [0.4, 0.5) is 0 Å². The molecule has 0 fully saturated rings. The van der Waals surface area contributed by atoms with E-state index >= 15 is 0 Å². The normalized spacial score (nSPS) is 10.6. The van der Waals surface area contributed by atoms with Crippen molar-refractivity contribution in [3.63, 3.8) is 0 Å². The zero-order valence-corrected chi connectivity index (χ0v) is 11.7.